The maximum atomic E-state index is 4.46. The maximum absolute atomic E-state index is 4.46. The van der Waals surface area contributed by atoms with E-state index in [1.54, 1.807) is 0 Å². The Morgan fingerprint density at radius 3 is 3.05 bits per heavy atom. The lowest BCUT2D eigenvalue weighted by Crippen LogP contribution is -2.40. The van der Waals surface area contributed by atoms with Crippen LogP contribution in [0.15, 0.2) is 18.5 Å². The van der Waals surface area contributed by atoms with Crippen LogP contribution >= 0.6 is 0 Å². The molecular weight excluding hydrogens is 248 g/mol. The van der Waals surface area contributed by atoms with Crippen molar-refractivity contribution in [2.45, 2.75) is 52.6 Å². The summed E-state index contributed by atoms with van der Waals surface area (Å²) in [5.41, 5.74) is 3.13. The fourth-order valence-electron chi connectivity index (χ4n) is 3.24. The summed E-state index contributed by atoms with van der Waals surface area (Å²) in [4.78, 5) is 4.46. The number of fused-ring (bicyclic) bond motifs is 1. The van der Waals surface area contributed by atoms with E-state index in [0.29, 0.717) is 6.04 Å². The minimum Gasteiger partial charge on any atom is -0.310 e. The second-order valence-electron chi connectivity index (χ2n) is 6.31. The molecule has 0 bridgehead atoms. The SMILES string of the molecule is Cc1cc2ncc(CNC3CCCC(C)C3C)cn2n1. The zero-order chi connectivity index (χ0) is 14.1. The van der Waals surface area contributed by atoms with Crippen LogP contribution in [0.1, 0.15) is 44.4 Å². The molecule has 1 aliphatic rings. The Balaban J connectivity index is 1.67. The topological polar surface area (TPSA) is 42.2 Å². The van der Waals surface area contributed by atoms with Crippen molar-refractivity contribution < 1.29 is 0 Å². The Hall–Kier alpha value is -1.42. The number of hydrogen-bond donors (Lipinski definition) is 1. The van der Waals surface area contributed by atoms with Crippen LogP contribution in [0.4, 0.5) is 0 Å². The first-order valence-electron chi connectivity index (χ1n) is 7.68. The average Bonchev–Trinajstić information content (AvgIpc) is 2.79. The fraction of sp³-hybridized carbons (Fsp3) is 0.625. The highest BCUT2D eigenvalue weighted by molar-refractivity contribution is 5.38. The Morgan fingerprint density at radius 1 is 1.35 bits per heavy atom. The van der Waals surface area contributed by atoms with E-state index in [9.17, 15) is 0 Å². The van der Waals surface area contributed by atoms with E-state index in [1.165, 1.54) is 24.8 Å². The van der Waals surface area contributed by atoms with Crippen molar-refractivity contribution >= 4 is 5.65 Å². The molecule has 1 N–H and O–H groups in total. The predicted octanol–water partition coefficient (Wildman–Crippen LogP) is 2.95. The first-order chi connectivity index (χ1) is 9.63. The molecule has 2 heterocycles. The van der Waals surface area contributed by atoms with Gasteiger partial charge in [-0.1, -0.05) is 26.7 Å². The first-order valence-corrected chi connectivity index (χ1v) is 7.68. The van der Waals surface area contributed by atoms with E-state index in [0.717, 1.165) is 29.7 Å². The second kappa shape index (κ2) is 5.52. The lowest BCUT2D eigenvalue weighted by molar-refractivity contribution is 0.206. The number of aromatic nitrogens is 3. The van der Waals surface area contributed by atoms with Gasteiger partial charge in [0, 0.05) is 36.6 Å². The quantitative estimate of drug-likeness (QED) is 0.934. The number of aryl methyl sites for hydroxylation is 1. The molecule has 4 nitrogen and oxygen atoms in total. The molecule has 0 saturated heterocycles. The summed E-state index contributed by atoms with van der Waals surface area (Å²) in [6.07, 6.45) is 8.06. The van der Waals surface area contributed by atoms with Crippen molar-refractivity contribution in [2.75, 3.05) is 0 Å². The third-order valence-electron chi connectivity index (χ3n) is 4.76. The molecule has 2 aromatic heterocycles. The van der Waals surface area contributed by atoms with Crippen LogP contribution in [-0.4, -0.2) is 20.6 Å². The zero-order valence-electron chi connectivity index (χ0n) is 12.6. The largest absolute Gasteiger partial charge is 0.310 e. The molecule has 0 spiro atoms. The molecule has 1 fully saturated rings. The number of nitrogens with one attached hydrogen (secondary N) is 1. The van der Waals surface area contributed by atoms with Gasteiger partial charge in [0.05, 0.1) is 5.69 Å². The molecule has 0 aliphatic heterocycles. The van der Waals surface area contributed by atoms with Crippen molar-refractivity contribution in [2.24, 2.45) is 11.8 Å². The van der Waals surface area contributed by atoms with E-state index in [4.69, 9.17) is 0 Å². The summed E-state index contributed by atoms with van der Waals surface area (Å²) in [6, 6.07) is 2.64. The van der Waals surface area contributed by atoms with Gasteiger partial charge >= 0.3 is 0 Å². The van der Waals surface area contributed by atoms with Gasteiger partial charge in [-0.3, -0.25) is 0 Å². The van der Waals surface area contributed by atoms with Crippen molar-refractivity contribution in [3.8, 4) is 0 Å². The lowest BCUT2D eigenvalue weighted by atomic mass is 9.78. The molecule has 20 heavy (non-hydrogen) atoms. The van der Waals surface area contributed by atoms with E-state index in [2.05, 4.69) is 35.4 Å². The lowest BCUT2D eigenvalue weighted by Gasteiger charge is -2.34. The van der Waals surface area contributed by atoms with Crippen LogP contribution in [0.3, 0.4) is 0 Å². The smallest absolute Gasteiger partial charge is 0.155 e. The molecule has 0 aromatic carbocycles. The molecule has 108 valence electrons. The van der Waals surface area contributed by atoms with Crippen molar-refractivity contribution in [1.29, 1.82) is 0 Å². The van der Waals surface area contributed by atoms with Gasteiger partial charge in [-0.15, -0.1) is 0 Å². The van der Waals surface area contributed by atoms with Crippen LogP contribution in [0, 0.1) is 18.8 Å². The molecule has 3 atom stereocenters. The number of rotatable bonds is 3. The number of nitrogens with zero attached hydrogens (tertiary/aromatic N) is 3. The zero-order valence-corrected chi connectivity index (χ0v) is 12.6. The van der Waals surface area contributed by atoms with Crippen LogP contribution in [0.25, 0.3) is 5.65 Å². The standard InChI is InChI=1S/C16H24N4/c1-11-5-4-6-15(13(11)3)17-8-14-9-18-16-7-12(2)19-20(16)10-14/h7,9-11,13,15,17H,4-6,8H2,1-3H3. The monoisotopic (exact) mass is 272 g/mol. The highest BCUT2D eigenvalue weighted by Crippen LogP contribution is 2.29. The molecule has 2 aromatic rings. The second-order valence-corrected chi connectivity index (χ2v) is 6.31. The highest BCUT2D eigenvalue weighted by Gasteiger charge is 2.26. The first kappa shape index (κ1) is 13.6. The van der Waals surface area contributed by atoms with Crippen LogP contribution in [0.2, 0.25) is 0 Å². The highest BCUT2D eigenvalue weighted by atomic mass is 15.2. The van der Waals surface area contributed by atoms with Gasteiger partial charge in [0.2, 0.25) is 0 Å². The molecule has 4 heteroatoms. The van der Waals surface area contributed by atoms with E-state index >= 15 is 0 Å². The van der Waals surface area contributed by atoms with Crippen LogP contribution in [-0.2, 0) is 6.54 Å². The van der Waals surface area contributed by atoms with E-state index in [-0.39, 0.29) is 0 Å². The molecule has 0 amide bonds. The number of hydrogen-bond acceptors (Lipinski definition) is 3. The molecule has 0 radical (unpaired) electrons. The summed E-state index contributed by atoms with van der Waals surface area (Å²) < 4.78 is 1.87. The summed E-state index contributed by atoms with van der Waals surface area (Å²) in [6.45, 7) is 7.62. The molecule has 1 aliphatic carbocycles. The molecule has 3 unspecified atom stereocenters. The van der Waals surface area contributed by atoms with Gasteiger partial charge in [0.1, 0.15) is 0 Å². The summed E-state index contributed by atoms with van der Waals surface area (Å²) >= 11 is 0. The molecule has 3 rings (SSSR count). The summed E-state index contributed by atoms with van der Waals surface area (Å²) in [5, 5.41) is 8.13. The normalized spacial score (nSPS) is 27.1. The van der Waals surface area contributed by atoms with Gasteiger partial charge in [-0.2, -0.15) is 5.10 Å². The van der Waals surface area contributed by atoms with Gasteiger partial charge in [0.25, 0.3) is 0 Å². The van der Waals surface area contributed by atoms with E-state index < -0.39 is 0 Å². The van der Waals surface area contributed by atoms with Crippen LogP contribution < -0.4 is 5.32 Å². The van der Waals surface area contributed by atoms with Crippen LogP contribution in [0.5, 0.6) is 0 Å². The Kier molecular flexibility index (Phi) is 3.74. The van der Waals surface area contributed by atoms with Crippen molar-refractivity contribution in [1.82, 2.24) is 19.9 Å². The summed E-state index contributed by atoms with van der Waals surface area (Å²) in [7, 11) is 0. The van der Waals surface area contributed by atoms with Gasteiger partial charge in [0.15, 0.2) is 5.65 Å². The molecule has 1 saturated carbocycles. The van der Waals surface area contributed by atoms with Crippen molar-refractivity contribution in [3.63, 3.8) is 0 Å². The van der Waals surface area contributed by atoms with E-state index in [1.807, 2.05) is 23.7 Å². The minimum atomic E-state index is 0.633. The maximum Gasteiger partial charge on any atom is 0.155 e. The Bertz CT molecular complexity index is 589. The minimum absolute atomic E-state index is 0.633. The van der Waals surface area contributed by atoms with Gasteiger partial charge in [-0.25, -0.2) is 9.50 Å². The molecular formula is C16H24N4. The summed E-state index contributed by atoms with van der Waals surface area (Å²) in [5.74, 6) is 1.59. The van der Waals surface area contributed by atoms with Gasteiger partial charge in [-0.05, 0) is 25.2 Å². The Labute approximate surface area is 120 Å². The Morgan fingerprint density at radius 2 is 2.20 bits per heavy atom. The average molecular weight is 272 g/mol. The predicted molar refractivity (Wildman–Crippen MR) is 80.5 cm³/mol. The van der Waals surface area contributed by atoms with Crippen molar-refractivity contribution in [3.05, 3.63) is 29.7 Å². The third-order valence-corrected chi connectivity index (χ3v) is 4.76. The third kappa shape index (κ3) is 2.70. The fourth-order valence-corrected chi connectivity index (χ4v) is 3.24. The van der Waals surface area contributed by atoms with Gasteiger partial charge < -0.3 is 5.32 Å².